The van der Waals surface area contributed by atoms with Gasteiger partial charge in [-0.2, -0.15) is 4.31 Å². The highest BCUT2D eigenvalue weighted by Gasteiger charge is 2.27. The van der Waals surface area contributed by atoms with Crippen molar-refractivity contribution in [2.75, 3.05) is 6.54 Å². The normalized spacial score (nSPS) is 12.8. The van der Waals surface area contributed by atoms with Crippen LogP contribution in [0.2, 0.25) is 0 Å². The second-order valence-corrected chi connectivity index (χ2v) is 8.94. The number of rotatable bonds is 8. The molecular weight excluding hydrogens is 416 g/mol. The van der Waals surface area contributed by atoms with E-state index in [-0.39, 0.29) is 29.9 Å². The van der Waals surface area contributed by atoms with Crippen LogP contribution in [-0.4, -0.2) is 31.2 Å². The highest BCUT2D eigenvalue weighted by atomic mass is 79.9. The van der Waals surface area contributed by atoms with Gasteiger partial charge in [0, 0.05) is 17.1 Å². The van der Waals surface area contributed by atoms with E-state index in [1.54, 1.807) is 12.1 Å². The monoisotopic (exact) mass is 438 g/mol. The first kappa shape index (κ1) is 20.6. The molecule has 0 aliphatic carbocycles. The lowest BCUT2D eigenvalue weighted by molar-refractivity contribution is -0.122. The van der Waals surface area contributed by atoms with Crippen LogP contribution in [0.25, 0.3) is 0 Å². The molecule has 0 heterocycles. The summed E-state index contributed by atoms with van der Waals surface area (Å²) in [6, 6.07) is 15.7. The summed E-state index contributed by atoms with van der Waals surface area (Å²) in [4.78, 5) is 12.5. The Morgan fingerprint density at radius 1 is 1.12 bits per heavy atom. The Bertz CT molecular complexity index is 824. The molecule has 2 aromatic carbocycles. The van der Waals surface area contributed by atoms with Crippen molar-refractivity contribution in [3.05, 3.63) is 64.6 Å². The Balaban J connectivity index is 2.29. The fourth-order valence-corrected chi connectivity index (χ4v) is 4.00. The number of hydrogen-bond donors (Lipinski definition) is 1. The quantitative estimate of drug-likeness (QED) is 0.684. The maximum absolute atomic E-state index is 13.1. The fraction of sp³-hybridized carbons (Fsp3) is 0.316. The van der Waals surface area contributed by atoms with Gasteiger partial charge in [0.2, 0.25) is 15.9 Å². The van der Waals surface area contributed by atoms with E-state index in [9.17, 15) is 13.2 Å². The number of halogens is 1. The highest BCUT2D eigenvalue weighted by molar-refractivity contribution is 9.10. The van der Waals surface area contributed by atoms with Crippen LogP contribution in [0, 0.1) is 0 Å². The van der Waals surface area contributed by atoms with Gasteiger partial charge in [-0.15, -0.1) is 0 Å². The van der Waals surface area contributed by atoms with E-state index in [0.717, 1.165) is 16.5 Å². The van der Waals surface area contributed by atoms with Crippen LogP contribution >= 0.6 is 15.9 Å². The summed E-state index contributed by atoms with van der Waals surface area (Å²) in [5.41, 5.74) is 0.824. The van der Waals surface area contributed by atoms with Crippen molar-refractivity contribution in [2.24, 2.45) is 0 Å². The van der Waals surface area contributed by atoms with Gasteiger partial charge in [0.25, 0.3) is 0 Å². The average molecular weight is 439 g/mol. The maximum Gasteiger partial charge on any atom is 0.243 e. The van der Waals surface area contributed by atoms with Crippen molar-refractivity contribution in [3.63, 3.8) is 0 Å². The Morgan fingerprint density at radius 3 is 2.31 bits per heavy atom. The van der Waals surface area contributed by atoms with Gasteiger partial charge in [-0.1, -0.05) is 53.2 Å². The fourth-order valence-electron chi connectivity index (χ4n) is 2.35. The number of hydrogen-bond acceptors (Lipinski definition) is 3. The SMILES string of the molecule is CC[C@H](C)NC(=O)CN(Cc1ccccc1)S(=O)(=O)c1ccc(Br)cc1. The van der Waals surface area contributed by atoms with E-state index < -0.39 is 10.0 Å². The first-order valence-electron chi connectivity index (χ1n) is 8.42. The van der Waals surface area contributed by atoms with Gasteiger partial charge in [0.1, 0.15) is 0 Å². The average Bonchev–Trinajstić information content (AvgIpc) is 2.62. The van der Waals surface area contributed by atoms with Gasteiger partial charge < -0.3 is 5.32 Å². The van der Waals surface area contributed by atoms with Crippen molar-refractivity contribution >= 4 is 31.9 Å². The van der Waals surface area contributed by atoms with Crippen molar-refractivity contribution in [1.29, 1.82) is 0 Å². The van der Waals surface area contributed by atoms with Gasteiger partial charge in [0.15, 0.2) is 0 Å². The lowest BCUT2D eigenvalue weighted by Crippen LogP contribution is -2.43. The maximum atomic E-state index is 13.1. The molecule has 0 radical (unpaired) electrons. The highest BCUT2D eigenvalue weighted by Crippen LogP contribution is 2.20. The molecule has 0 aliphatic rings. The molecule has 140 valence electrons. The summed E-state index contributed by atoms with van der Waals surface area (Å²) in [5.74, 6) is -0.309. The Hall–Kier alpha value is -1.70. The van der Waals surface area contributed by atoms with Crippen LogP contribution in [-0.2, 0) is 21.4 Å². The van der Waals surface area contributed by atoms with Gasteiger partial charge >= 0.3 is 0 Å². The lowest BCUT2D eigenvalue weighted by atomic mass is 10.2. The second kappa shape index (κ2) is 9.30. The first-order valence-corrected chi connectivity index (χ1v) is 10.6. The minimum absolute atomic E-state index is 0.00328. The van der Waals surface area contributed by atoms with Crippen molar-refractivity contribution in [2.45, 2.75) is 37.8 Å². The van der Waals surface area contributed by atoms with Gasteiger partial charge in [0.05, 0.1) is 11.4 Å². The Labute approximate surface area is 163 Å². The molecule has 0 unspecified atom stereocenters. The standard InChI is InChI=1S/C19H23BrN2O3S/c1-3-15(2)21-19(23)14-22(13-16-7-5-4-6-8-16)26(24,25)18-11-9-17(20)10-12-18/h4-12,15H,3,13-14H2,1-2H3,(H,21,23)/t15-/m0/s1. The number of sulfonamides is 1. The molecule has 0 aliphatic heterocycles. The number of amides is 1. The number of carbonyl (C=O) groups is 1. The molecule has 2 rings (SSSR count). The molecule has 0 saturated heterocycles. The van der Waals surface area contributed by atoms with E-state index >= 15 is 0 Å². The van der Waals surface area contributed by atoms with E-state index in [1.807, 2.05) is 44.2 Å². The number of benzene rings is 2. The topological polar surface area (TPSA) is 66.5 Å². The van der Waals surface area contributed by atoms with E-state index in [0.29, 0.717) is 0 Å². The molecule has 1 atom stereocenters. The van der Waals surface area contributed by atoms with Crippen LogP contribution in [0.3, 0.4) is 0 Å². The molecule has 1 amide bonds. The van der Waals surface area contributed by atoms with Crippen molar-refractivity contribution in [3.8, 4) is 0 Å². The van der Waals surface area contributed by atoms with Crippen LogP contribution in [0.5, 0.6) is 0 Å². The molecule has 0 bridgehead atoms. The van der Waals surface area contributed by atoms with Crippen molar-refractivity contribution < 1.29 is 13.2 Å². The van der Waals surface area contributed by atoms with Gasteiger partial charge in [-0.05, 0) is 43.2 Å². The molecular formula is C19H23BrN2O3S. The molecule has 0 aromatic heterocycles. The third-order valence-electron chi connectivity index (χ3n) is 3.99. The van der Waals surface area contributed by atoms with Gasteiger partial charge in [-0.25, -0.2) is 8.42 Å². The summed E-state index contributed by atoms with van der Waals surface area (Å²) in [7, 11) is -3.80. The minimum atomic E-state index is -3.80. The van der Waals surface area contributed by atoms with Crippen LogP contribution in [0.1, 0.15) is 25.8 Å². The zero-order valence-electron chi connectivity index (χ0n) is 14.9. The van der Waals surface area contributed by atoms with Crippen LogP contribution < -0.4 is 5.32 Å². The summed E-state index contributed by atoms with van der Waals surface area (Å²) in [6.07, 6.45) is 0.782. The second-order valence-electron chi connectivity index (χ2n) is 6.09. The third-order valence-corrected chi connectivity index (χ3v) is 6.33. The molecule has 0 fully saturated rings. The zero-order chi connectivity index (χ0) is 19.2. The van der Waals surface area contributed by atoms with Gasteiger partial charge in [-0.3, -0.25) is 4.79 Å². The molecule has 1 N–H and O–H groups in total. The van der Waals surface area contributed by atoms with Crippen LogP contribution in [0.4, 0.5) is 0 Å². The summed E-state index contributed by atoms with van der Waals surface area (Å²) in [5, 5.41) is 2.83. The first-order chi connectivity index (χ1) is 12.3. The number of carbonyl (C=O) groups excluding carboxylic acids is 1. The largest absolute Gasteiger partial charge is 0.353 e. The molecule has 2 aromatic rings. The molecule has 26 heavy (non-hydrogen) atoms. The molecule has 0 spiro atoms. The van der Waals surface area contributed by atoms with E-state index in [2.05, 4.69) is 21.2 Å². The smallest absolute Gasteiger partial charge is 0.243 e. The van der Waals surface area contributed by atoms with E-state index in [1.165, 1.54) is 16.4 Å². The molecule has 0 saturated carbocycles. The van der Waals surface area contributed by atoms with Crippen LogP contribution in [0.15, 0.2) is 64.0 Å². The molecule has 5 nitrogen and oxygen atoms in total. The summed E-state index contributed by atoms with van der Waals surface area (Å²) in [6.45, 7) is 3.76. The van der Waals surface area contributed by atoms with Crippen molar-refractivity contribution in [1.82, 2.24) is 9.62 Å². The number of nitrogens with zero attached hydrogens (tertiary/aromatic N) is 1. The van der Waals surface area contributed by atoms with E-state index in [4.69, 9.17) is 0 Å². The third kappa shape index (κ3) is 5.65. The predicted octanol–water partition coefficient (Wildman–Crippen LogP) is 3.55. The zero-order valence-corrected chi connectivity index (χ0v) is 17.3. The summed E-state index contributed by atoms with van der Waals surface area (Å²) < 4.78 is 28.1. The summed E-state index contributed by atoms with van der Waals surface area (Å²) >= 11 is 3.31. The minimum Gasteiger partial charge on any atom is -0.353 e. The molecule has 7 heteroatoms. The lowest BCUT2D eigenvalue weighted by Gasteiger charge is -2.23. The predicted molar refractivity (Wildman–Crippen MR) is 106 cm³/mol. The number of nitrogens with one attached hydrogen (secondary N) is 1. The Kier molecular flexibility index (Phi) is 7.37. The Morgan fingerprint density at radius 2 is 1.73 bits per heavy atom.